The Hall–Kier alpha value is -0.890. The van der Waals surface area contributed by atoms with Crippen molar-refractivity contribution in [3.63, 3.8) is 0 Å². The van der Waals surface area contributed by atoms with Gasteiger partial charge in [-0.1, -0.05) is 0 Å². The van der Waals surface area contributed by atoms with Gasteiger partial charge < -0.3 is 10.1 Å². The van der Waals surface area contributed by atoms with Gasteiger partial charge in [0.2, 0.25) is 0 Å². The van der Waals surface area contributed by atoms with Gasteiger partial charge in [0.1, 0.15) is 0 Å². The molecule has 2 rings (SSSR count). The molecule has 0 radical (unpaired) electrons. The van der Waals surface area contributed by atoms with Gasteiger partial charge in [0.05, 0.1) is 20.6 Å². The minimum absolute atomic E-state index is 0.145. The number of halogens is 1. The topological polar surface area (TPSA) is 64.4 Å². The molecule has 0 aromatic heterocycles. The van der Waals surface area contributed by atoms with Gasteiger partial charge in [-0.05, 0) is 48.1 Å². The van der Waals surface area contributed by atoms with E-state index in [1.807, 2.05) is 29.5 Å². The molecule has 1 aromatic carbocycles. The number of nitrogens with zero attached hydrogens (tertiary/aromatic N) is 1. The molecule has 0 saturated carbocycles. The predicted molar refractivity (Wildman–Crippen MR) is 73.3 cm³/mol. The molecule has 17 heavy (non-hydrogen) atoms. The lowest BCUT2D eigenvalue weighted by Crippen LogP contribution is -2.26. The van der Waals surface area contributed by atoms with Crippen molar-refractivity contribution in [3.05, 3.63) is 31.9 Å². The van der Waals surface area contributed by atoms with Crippen molar-refractivity contribution >= 4 is 34.0 Å². The van der Waals surface area contributed by atoms with E-state index >= 15 is 0 Å². The summed E-state index contributed by atoms with van der Waals surface area (Å²) in [7, 11) is 0. The molecule has 1 saturated heterocycles. The molecule has 5 nitrogen and oxygen atoms in total. The number of nitro benzene ring substituents is 1. The van der Waals surface area contributed by atoms with Crippen LogP contribution in [0, 0.1) is 13.7 Å². The highest BCUT2D eigenvalue weighted by molar-refractivity contribution is 14.1. The number of benzene rings is 1. The van der Waals surface area contributed by atoms with Crippen LogP contribution in [0.15, 0.2) is 18.2 Å². The summed E-state index contributed by atoms with van der Waals surface area (Å²) >= 11 is 1.98. The highest BCUT2D eigenvalue weighted by Crippen LogP contribution is 2.26. The van der Waals surface area contributed by atoms with Crippen LogP contribution in [0.2, 0.25) is 0 Å². The highest BCUT2D eigenvalue weighted by Gasteiger charge is 2.24. The first-order valence-corrected chi connectivity index (χ1v) is 6.48. The number of ether oxygens (including phenoxy) is 1. The third-order valence-corrected chi connectivity index (χ3v) is 3.74. The lowest BCUT2D eigenvalue weighted by atomic mass is 10.1. The molecule has 1 aliphatic heterocycles. The Morgan fingerprint density at radius 1 is 1.59 bits per heavy atom. The van der Waals surface area contributed by atoms with Gasteiger partial charge in [-0.15, -0.1) is 0 Å². The Kier molecular flexibility index (Phi) is 3.82. The predicted octanol–water partition coefficient (Wildman–Crippen LogP) is 2.79. The number of hydrogen-bond acceptors (Lipinski definition) is 4. The summed E-state index contributed by atoms with van der Waals surface area (Å²) in [5.74, 6) is 0. The minimum Gasteiger partial charge on any atom is -0.380 e. The molecule has 2 unspecified atom stereocenters. The molecule has 0 spiro atoms. The van der Waals surface area contributed by atoms with Crippen LogP contribution in [0.4, 0.5) is 11.4 Å². The summed E-state index contributed by atoms with van der Waals surface area (Å²) in [6.07, 6.45) is 1.15. The van der Waals surface area contributed by atoms with Crippen LogP contribution in [0.3, 0.4) is 0 Å². The lowest BCUT2D eigenvalue weighted by Gasteiger charge is -2.17. The zero-order valence-corrected chi connectivity index (χ0v) is 11.5. The van der Waals surface area contributed by atoms with Crippen LogP contribution >= 0.6 is 22.6 Å². The number of rotatable bonds is 3. The molecular formula is C11H13IN2O3. The monoisotopic (exact) mass is 348 g/mol. The molecule has 1 heterocycles. The van der Waals surface area contributed by atoms with E-state index in [-0.39, 0.29) is 22.8 Å². The SMILES string of the molecule is CC1OCCC1Nc1ccc([N+](=O)[O-])c(I)c1. The number of anilines is 1. The van der Waals surface area contributed by atoms with E-state index < -0.39 is 0 Å². The van der Waals surface area contributed by atoms with Crippen molar-refractivity contribution in [2.24, 2.45) is 0 Å². The van der Waals surface area contributed by atoms with E-state index in [0.29, 0.717) is 3.57 Å². The van der Waals surface area contributed by atoms with Gasteiger partial charge in [0, 0.05) is 18.4 Å². The lowest BCUT2D eigenvalue weighted by molar-refractivity contribution is -0.385. The maximum atomic E-state index is 10.7. The smallest absolute Gasteiger partial charge is 0.282 e. The molecule has 0 amide bonds. The zero-order valence-electron chi connectivity index (χ0n) is 9.35. The van der Waals surface area contributed by atoms with Crippen molar-refractivity contribution in [2.75, 3.05) is 11.9 Å². The Labute approximate surface area is 113 Å². The first-order chi connectivity index (χ1) is 8.08. The van der Waals surface area contributed by atoms with E-state index in [9.17, 15) is 10.1 Å². The molecule has 92 valence electrons. The average molecular weight is 348 g/mol. The molecule has 1 fully saturated rings. The summed E-state index contributed by atoms with van der Waals surface area (Å²) in [6, 6.07) is 5.35. The Balaban J connectivity index is 2.12. The normalized spacial score (nSPS) is 23.6. The maximum absolute atomic E-state index is 10.7. The zero-order chi connectivity index (χ0) is 12.4. The fourth-order valence-corrected chi connectivity index (χ4v) is 2.59. The highest BCUT2D eigenvalue weighted by atomic mass is 127. The Morgan fingerprint density at radius 3 is 2.88 bits per heavy atom. The number of hydrogen-bond donors (Lipinski definition) is 1. The van der Waals surface area contributed by atoms with Gasteiger partial charge in [-0.2, -0.15) is 0 Å². The van der Waals surface area contributed by atoms with Crippen molar-refractivity contribution in [1.82, 2.24) is 0 Å². The van der Waals surface area contributed by atoms with Crippen molar-refractivity contribution in [3.8, 4) is 0 Å². The van der Waals surface area contributed by atoms with Gasteiger partial charge in [0.15, 0.2) is 0 Å². The molecule has 1 aliphatic rings. The molecular weight excluding hydrogens is 335 g/mol. The van der Waals surface area contributed by atoms with Gasteiger partial charge in [-0.25, -0.2) is 0 Å². The van der Waals surface area contributed by atoms with Crippen molar-refractivity contribution < 1.29 is 9.66 Å². The van der Waals surface area contributed by atoms with Crippen LogP contribution in [-0.4, -0.2) is 23.7 Å². The Bertz CT molecular complexity index is 439. The third-order valence-electron chi connectivity index (χ3n) is 2.87. The fraction of sp³-hybridized carbons (Fsp3) is 0.455. The maximum Gasteiger partial charge on any atom is 0.282 e. The van der Waals surface area contributed by atoms with E-state index in [4.69, 9.17) is 4.74 Å². The van der Waals surface area contributed by atoms with Gasteiger partial charge in [-0.3, -0.25) is 10.1 Å². The van der Waals surface area contributed by atoms with Crippen molar-refractivity contribution in [2.45, 2.75) is 25.5 Å². The second-order valence-electron chi connectivity index (χ2n) is 4.04. The van der Waals surface area contributed by atoms with Crippen LogP contribution in [-0.2, 0) is 4.74 Å². The molecule has 1 N–H and O–H groups in total. The second-order valence-corrected chi connectivity index (χ2v) is 5.20. The van der Waals surface area contributed by atoms with Crippen molar-refractivity contribution in [1.29, 1.82) is 0 Å². The summed E-state index contributed by atoms with van der Waals surface area (Å²) in [5.41, 5.74) is 1.05. The quantitative estimate of drug-likeness (QED) is 0.518. The number of nitro groups is 1. The van der Waals surface area contributed by atoms with E-state index in [1.54, 1.807) is 12.1 Å². The summed E-state index contributed by atoms with van der Waals surface area (Å²) in [6.45, 7) is 2.80. The number of nitrogens with one attached hydrogen (secondary N) is 1. The summed E-state index contributed by atoms with van der Waals surface area (Å²) in [4.78, 5) is 10.3. The minimum atomic E-state index is -0.368. The van der Waals surface area contributed by atoms with E-state index in [1.165, 1.54) is 6.07 Å². The second kappa shape index (κ2) is 5.18. The van der Waals surface area contributed by atoms with Gasteiger partial charge >= 0.3 is 0 Å². The average Bonchev–Trinajstić information content (AvgIpc) is 2.64. The molecule has 0 aliphatic carbocycles. The molecule has 2 atom stereocenters. The van der Waals surface area contributed by atoms with Crippen LogP contribution in [0.25, 0.3) is 0 Å². The first-order valence-electron chi connectivity index (χ1n) is 5.40. The standard InChI is InChI=1S/C11H13IN2O3/c1-7-10(4-5-17-7)13-8-2-3-11(14(15)16)9(12)6-8/h2-3,6-7,10,13H,4-5H2,1H3. The molecule has 0 bridgehead atoms. The summed E-state index contributed by atoms with van der Waals surface area (Å²) < 4.78 is 6.10. The largest absolute Gasteiger partial charge is 0.380 e. The third kappa shape index (κ3) is 2.86. The van der Waals surface area contributed by atoms with Crippen LogP contribution in [0.1, 0.15) is 13.3 Å². The van der Waals surface area contributed by atoms with Crippen LogP contribution < -0.4 is 5.32 Å². The molecule has 1 aromatic rings. The first kappa shape index (κ1) is 12.6. The Morgan fingerprint density at radius 2 is 2.35 bits per heavy atom. The summed E-state index contributed by atoms with van der Waals surface area (Å²) in [5, 5.41) is 14.0. The van der Waals surface area contributed by atoms with Gasteiger partial charge in [0.25, 0.3) is 5.69 Å². The van der Waals surface area contributed by atoms with Crippen LogP contribution in [0.5, 0.6) is 0 Å². The molecule has 6 heteroatoms. The fourth-order valence-electron chi connectivity index (χ4n) is 1.88. The van der Waals surface area contributed by atoms with E-state index in [0.717, 1.165) is 18.7 Å². The van der Waals surface area contributed by atoms with E-state index in [2.05, 4.69) is 5.32 Å².